The van der Waals surface area contributed by atoms with E-state index in [9.17, 15) is 14.4 Å². The van der Waals surface area contributed by atoms with Crippen molar-refractivity contribution in [3.8, 4) is 11.8 Å². The second-order valence-electron chi connectivity index (χ2n) is 6.33. The number of rotatable bonds is 6. The van der Waals surface area contributed by atoms with Gasteiger partial charge in [-0.1, -0.05) is 35.9 Å². The predicted molar refractivity (Wildman–Crippen MR) is 126 cm³/mol. The molecule has 4 nitrogen and oxygen atoms in total. The van der Waals surface area contributed by atoms with E-state index in [2.05, 4.69) is 37.2 Å². The van der Waals surface area contributed by atoms with Crippen molar-refractivity contribution in [2.45, 2.75) is 6.61 Å². The summed E-state index contributed by atoms with van der Waals surface area (Å²) in [7, 11) is 0. The van der Waals surface area contributed by atoms with E-state index < -0.39 is 11.7 Å². The first-order chi connectivity index (χ1) is 14.9. The summed E-state index contributed by atoms with van der Waals surface area (Å²) in [5.74, 6) is -0.717. The van der Waals surface area contributed by atoms with Crippen LogP contribution in [0.2, 0.25) is 5.02 Å². The number of nitriles is 1. The third-order valence-corrected chi connectivity index (χ3v) is 5.55. The number of nitrogens with one attached hydrogen (secondary N) is 1. The quantitative estimate of drug-likeness (QED) is 0.256. The summed E-state index contributed by atoms with van der Waals surface area (Å²) in [5.41, 5.74) is 1.36. The van der Waals surface area contributed by atoms with E-state index in [1.165, 1.54) is 24.3 Å². The maximum absolute atomic E-state index is 13.8. The van der Waals surface area contributed by atoms with Gasteiger partial charge in [0, 0.05) is 5.02 Å². The molecular weight excluding hydrogens is 551 g/mol. The normalized spacial score (nSPS) is 11.0. The van der Waals surface area contributed by atoms with Crippen LogP contribution in [0.3, 0.4) is 0 Å². The lowest BCUT2D eigenvalue weighted by molar-refractivity contribution is -0.112. The lowest BCUT2D eigenvalue weighted by atomic mass is 10.1. The second kappa shape index (κ2) is 10.6. The zero-order valence-electron chi connectivity index (χ0n) is 15.8. The Kier molecular flexibility index (Phi) is 7.85. The largest absolute Gasteiger partial charge is 0.487 e. The second-order valence-corrected chi connectivity index (χ2v) is 8.48. The molecule has 0 saturated carbocycles. The van der Waals surface area contributed by atoms with Gasteiger partial charge in [0.2, 0.25) is 0 Å². The number of amides is 1. The standard InChI is InChI=1S/C23H14Br2ClFN2O2/c24-18-10-15(9-16(12-28)23(30)29-21-4-2-1-3-20(21)27)11-19(25)22(18)31-13-14-5-7-17(26)8-6-14/h1-11H,13H2,(H,29,30)/b16-9-. The predicted octanol–water partition coefficient (Wildman–Crippen LogP) is 7.13. The minimum absolute atomic E-state index is 0.00181. The van der Waals surface area contributed by atoms with E-state index in [0.29, 0.717) is 31.9 Å². The Bertz CT molecular complexity index is 1170. The number of hydrogen-bond acceptors (Lipinski definition) is 3. The van der Waals surface area contributed by atoms with Gasteiger partial charge in [0.25, 0.3) is 5.91 Å². The highest BCUT2D eigenvalue weighted by atomic mass is 79.9. The number of hydrogen-bond donors (Lipinski definition) is 1. The molecule has 0 aromatic heterocycles. The van der Waals surface area contributed by atoms with Crippen LogP contribution in [0.25, 0.3) is 6.08 Å². The van der Waals surface area contributed by atoms with Crippen LogP contribution >= 0.6 is 43.5 Å². The molecule has 31 heavy (non-hydrogen) atoms. The van der Waals surface area contributed by atoms with Crippen molar-refractivity contribution >= 4 is 61.1 Å². The number of halogens is 4. The van der Waals surface area contributed by atoms with E-state index in [1.807, 2.05) is 18.2 Å². The molecule has 0 bridgehead atoms. The van der Waals surface area contributed by atoms with Crippen LogP contribution in [0.5, 0.6) is 5.75 Å². The number of nitrogens with zero attached hydrogens (tertiary/aromatic N) is 1. The molecule has 3 rings (SSSR count). The Morgan fingerprint density at radius 3 is 2.39 bits per heavy atom. The third kappa shape index (κ3) is 6.17. The molecule has 8 heteroatoms. The van der Waals surface area contributed by atoms with Crippen molar-refractivity contribution in [1.82, 2.24) is 0 Å². The average Bonchev–Trinajstić information content (AvgIpc) is 2.74. The molecule has 0 aliphatic heterocycles. The van der Waals surface area contributed by atoms with Crippen molar-refractivity contribution in [3.05, 3.63) is 97.1 Å². The molecular formula is C23H14Br2ClFN2O2. The van der Waals surface area contributed by atoms with Crippen molar-refractivity contribution in [2.75, 3.05) is 5.32 Å². The van der Waals surface area contributed by atoms with E-state index >= 15 is 0 Å². The van der Waals surface area contributed by atoms with Crippen LogP contribution < -0.4 is 10.1 Å². The Morgan fingerprint density at radius 2 is 1.77 bits per heavy atom. The summed E-state index contributed by atoms with van der Waals surface area (Å²) in [5, 5.41) is 12.4. The SMILES string of the molecule is N#C/C(=C/c1cc(Br)c(OCc2ccc(Cl)cc2)c(Br)c1)C(=O)Nc1ccccc1F. The van der Waals surface area contributed by atoms with Crippen LogP contribution in [-0.4, -0.2) is 5.91 Å². The smallest absolute Gasteiger partial charge is 0.266 e. The van der Waals surface area contributed by atoms with Gasteiger partial charge in [-0.3, -0.25) is 4.79 Å². The van der Waals surface area contributed by atoms with Gasteiger partial charge in [-0.25, -0.2) is 4.39 Å². The van der Waals surface area contributed by atoms with Gasteiger partial charge in [-0.15, -0.1) is 0 Å². The average molecular weight is 565 g/mol. The number of carbonyl (C=O) groups is 1. The molecule has 0 atom stereocenters. The summed E-state index contributed by atoms with van der Waals surface area (Å²) in [4.78, 5) is 12.4. The fraction of sp³-hybridized carbons (Fsp3) is 0.0435. The molecule has 156 valence electrons. The topological polar surface area (TPSA) is 62.1 Å². The third-order valence-electron chi connectivity index (χ3n) is 4.12. The molecule has 0 radical (unpaired) electrons. The van der Waals surface area contributed by atoms with Crippen molar-refractivity contribution < 1.29 is 13.9 Å². The van der Waals surface area contributed by atoms with Crippen molar-refractivity contribution in [3.63, 3.8) is 0 Å². The first-order valence-electron chi connectivity index (χ1n) is 8.91. The number of benzene rings is 3. The van der Waals surface area contributed by atoms with Gasteiger partial charge >= 0.3 is 0 Å². The zero-order chi connectivity index (χ0) is 22.4. The van der Waals surface area contributed by atoms with Crippen LogP contribution in [0.1, 0.15) is 11.1 Å². The number of para-hydroxylation sites is 1. The van der Waals surface area contributed by atoms with Gasteiger partial charge in [-0.05, 0) is 85.5 Å². The summed E-state index contributed by atoms with van der Waals surface area (Å²) >= 11 is 12.8. The Hall–Kier alpha value is -2.66. The van der Waals surface area contributed by atoms with Gasteiger partial charge in [0.05, 0.1) is 14.6 Å². The lowest BCUT2D eigenvalue weighted by Gasteiger charge is -2.12. The van der Waals surface area contributed by atoms with Crippen molar-refractivity contribution in [1.29, 1.82) is 5.26 Å². The molecule has 0 aliphatic rings. The highest BCUT2D eigenvalue weighted by Crippen LogP contribution is 2.36. The van der Waals surface area contributed by atoms with Crippen LogP contribution in [0, 0.1) is 17.1 Å². The van der Waals surface area contributed by atoms with Crippen LogP contribution in [0.4, 0.5) is 10.1 Å². The maximum Gasteiger partial charge on any atom is 0.266 e. The molecule has 0 fully saturated rings. The Balaban J connectivity index is 1.78. The molecule has 3 aromatic carbocycles. The molecule has 0 spiro atoms. The Labute approximate surface area is 200 Å². The Morgan fingerprint density at radius 1 is 1.13 bits per heavy atom. The number of anilines is 1. The molecule has 0 saturated heterocycles. The van der Waals surface area contributed by atoms with E-state index in [0.717, 1.165) is 5.56 Å². The van der Waals surface area contributed by atoms with Gasteiger partial charge < -0.3 is 10.1 Å². The summed E-state index contributed by atoms with van der Waals surface area (Å²) < 4.78 is 20.9. The highest BCUT2D eigenvalue weighted by molar-refractivity contribution is 9.11. The van der Waals surface area contributed by atoms with E-state index in [1.54, 1.807) is 30.3 Å². The number of carbonyl (C=O) groups excluding carboxylic acids is 1. The van der Waals surface area contributed by atoms with E-state index in [4.69, 9.17) is 16.3 Å². The molecule has 0 heterocycles. The van der Waals surface area contributed by atoms with Crippen molar-refractivity contribution in [2.24, 2.45) is 0 Å². The molecule has 1 N–H and O–H groups in total. The zero-order valence-corrected chi connectivity index (χ0v) is 19.8. The first-order valence-corrected chi connectivity index (χ1v) is 10.9. The van der Waals surface area contributed by atoms with Gasteiger partial charge in [-0.2, -0.15) is 5.26 Å². The molecule has 0 unspecified atom stereocenters. The maximum atomic E-state index is 13.8. The fourth-order valence-electron chi connectivity index (χ4n) is 2.60. The number of ether oxygens (including phenoxy) is 1. The van der Waals surface area contributed by atoms with E-state index in [-0.39, 0.29) is 11.3 Å². The summed E-state index contributed by atoms with van der Waals surface area (Å²) in [6.07, 6.45) is 1.41. The summed E-state index contributed by atoms with van der Waals surface area (Å²) in [6.45, 7) is 0.331. The first kappa shape index (κ1) is 23.0. The van der Waals surface area contributed by atoms with Gasteiger partial charge in [0.15, 0.2) is 0 Å². The van der Waals surface area contributed by atoms with Crippen LogP contribution in [-0.2, 0) is 11.4 Å². The summed E-state index contributed by atoms with van der Waals surface area (Å²) in [6, 6.07) is 18.3. The molecule has 1 amide bonds. The monoisotopic (exact) mass is 562 g/mol. The van der Waals surface area contributed by atoms with Crippen LogP contribution in [0.15, 0.2) is 75.2 Å². The minimum Gasteiger partial charge on any atom is -0.487 e. The van der Waals surface area contributed by atoms with Gasteiger partial charge in [0.1, 0.15) is 29.8 Å². The highest BCUT2D eigenvalue weighted by Gasteiger charge is 2.14. The fourth-order valence-corrected chi connectivity index (χ4v) is 4.18. The molecule has 0 aliphatic carbocycles. The lowest BCUT2D eigenvalue weighted by Crippen LogP contribution is -2.14. The minimum atomic E-state index is -0.706. The molecule has 3 aromatic rings.